The van der Waals surface area contributed by atoms with Crippen molar-refractivity contribution < 1.29 is 0 Å². The maximum absolute atomic E-state index is 2.31. The maximum atomic E-state index is 2.31. The fourth-order valence-electron chi connectivity index (χ4n) is 0.866. The molecule has 0 saturated carbocycles. The highest BCUT2D eigenvalue weighted by atomic mass is 14.1. The molecule has 0 N–H and O–H groups in total. The van der Waals surface area contributed by atoms with Crippen LogP contribution < -0.4 is 0 Å². The molecule has 66 valence electrons. The summed E-state index contributed by atoms with van der Waals surface area (Å²) >= 11 is 0. The monoisotopic (exact) mass is 154 g/mol. The normalized spacial score (nSPS) is 13.3. The number of hydrogen-bond acceptors (Lipinski definition) is 0. The Labute approximate surface area is 71.7 Å². The highest BCUT2D eigenvalue weighted by Crippen LogP contribution is 2.15. The molecule has 0 atom stereocenters. The average Bonchev–Trinajstić information content (AvgIpc) is 1.78. The quantitative estimate of drug-likeness (QED) is 0.538. The predicted molar refractivity (Wildman–Crippen MR) is 52.7 cm³/mol. The van der Waals surface area contributed by atoms with E-state index in [1.165, 1.54) is 12.8 Å². The minimum absolute atomic E-state index is 0.358. The van der Waals surface area contributed by atoms with E-state index in [0.717, 1.165) is 5.92 Å². The summed E-state index contributed by atoms with van der Waals surface area (Å²) in [4.78, 5) is 0. The van der Waals surface area contributed by atoms with Gasteiger partial charge in [0.15, 0.2) is 0 Å². The molecule has 0 saturated heterocycles. The molecular formula is C11H22. The molecule has 0 aliphatic heterocycles. The molecule has 0 spiro atoms. The fourth-order valence-corrected chi connectivity index (χ4v) is 0.866. The van der Waals surface area contributed by atoms with Crippen LogP contribution in [0.2, 0.25) is 0 Å². The molecule has 0 aromatic heterocycles. The summed E-state index contributed by atoms with van der Waals surface area (Å²) in [6.07, 6.45) is 7.15. The number of hydrogen-bond donors (Lipinski definition) is 0. The summed E-state index contributed by atoms with van der Waals surface area (Å²) in [5, 5.41) is 0. The van der Waals surface area contributed by atoms with Crippen molar-refractivity contribution in [2.24, 2.45) is 11.3 Å². The molecule has 0 amide bonds. The second-order valence-electron chi connectivity index (χ2n) is 4.74. The molecule has 0 unspecified atom stereocenters. The van der Waals surface area contributed by atoms with Gasteiger partial charge >= 0.3 is 0 Å². The van der Waals surface area contributed by atoms with Crippen LogP contribution in [0.4, 0.5) is 0 Å². The third-order valence-corrected chi connectivity index (χ3v) is 1.53. The Morgan fingerprint density at radius 2 is 1.73 bits per heavy atom. The first kappa shape index (κ1) is 10.7. The lowest BCUT2D eigenvalue weighted by atomic mass is 9.95. The minimum Gasteiger partial charge on any atom is -0.0880 e. The summed E-state index contributed by atoms with van der Waals surface area (Å²) in [6, 6.07) is 0. The zero-order valence-electron chi connectivity index (χ0n) is 8.65. The third-order valence-electron chi connectivity index (χ3n) is 1.53. The van der Waals surface area contributed by atoms with E-state index in [4.69, 9.17) is 0 Å². The largest absolute Gasteiger partial charge is 0.0880 e. The molecule has 0 nitrogen and oxygen atoms in total. The molecule has 0 rings (SSSR count). The van der Waals surface area contributed by atoms with Gasteiger partial charge in [0.05, 0.1) is 0 Å². The summed E-state index contributed by atoms with van der Waals surface area (Å²) in [5.74, 6) is 0.833. The first-order valence-electron chi connectivity index (χ1n) is 4.59. The summed E-state index contributed by atoms with van der Waals surface area (Å²) in [5.41, 5.74) is 0.358. The zero-order valence-corrected chi connectivity index (χ0v) is 8.65. The van der Waals surface area contributed by atoms with Gasteiger partial charge in [-0.2, -0.15) is 0 Å². The first-order chi connectivity index (χ1) is 4.92. The highest BCUT2D eigenvalue weighted by molar-refractivity contribution is 4.91. The highest BCUT2D eigenvalue weighted by Gasteiger charge is 2.02. The van der Waals surface area contributed by atoms with Crippen molar-refractivity contribution in [3.63, 3.8) is 0 Å². The summed E-state index contributed by atoms with van der Waals surface area (Å²) in [6.45, 7) is 11.2. The van der Waals surface area contributed by atoms with E-state index in [-0.39, 0.29) is 0 Å². The average molecular weight is 154 g/mol. The van der Waals surface area contributed by atoms with Crippen molar-refractivity contribution in [1.82, 2.24) is 0 Å². The van der Waals surface area contributed by atoms with Crippen LogP contribution in [0, 0.1) is 11.3 Å². The van der Waals surface area contributed by atoms with Crippen LogP contribution >= 0.6 is 0 Å². The Hall–Kier alpha value is -0.260. The summed E-state index contributed by atoms with van der Waals surface area (Å²) in [7, 11) is 0. The van der Waals surface area contributed by atoms with Crippen LogP contribution in [0.25, 0.3) is 0 Å². The Morgan fingerprint density at radius 3 is 2.09 bits per heavy atom. The first-order valence-corrected chi connectivity index (χ1v) is 4.59. The van der Waals surface area contributed by atoms with E-state index in [2.05, 4.69) is 46.8 Å². The van der Waals surface area contributed by atoms with Gasteiger partial charge in [0.2, 0.25) is 0 Å². The van der Waals surface area contributed by atoms with Crippen LogP contribution in [0.5, 0.6) is 0 Å². The predicted octanol–water partition coefficient (Wildman–Crippen LogP) is 4.02. The molecule has 0 fully saturated rings. The van der Waals surface area contributed by atoms with Crippen molar-refractivity contribution >= 4 is 0 Å². The van der Waals surface area contributed by atoms with Gasteiger partial charge in [0.25, 0.3) is 0 Å². The topological polar surface area (TPSA) is 0 Å². The standard InChI is InChI=1S/C11H22/c1-10(2)8-6-7-9-11(3,4)5/h7,9-10H,6,8H2,1-5H3. The van der Waals surface area contributed by atoms with E-state index in [0.29, 0.717) is 5.41 Å². The molecule has 0 aromatic carbocycles. The Kier molecular flexibility index (Phi) is 4.48. The zero-order chi connectivity index (χ0) is 8.91. The Balaban J connectivity index is 3.46. The smallest absolute Gasteiger partial charge is 0.0203 e. The molecule has 0 aromatic rings. The van der Waals surface area contributed by atoms with Gasteiger partial charge in [-0.25, -0.2) is 0 Å². The van der Waals surface area contributed by atoms with Gasteiger partial charge in [0.1, 0.15) is 0 Å². The minimum atomic E-state index is 0.358. The van der Waals surface area contributed by atoms with Gasteiger partial charge in [-0.1, -0.05) is 46.8 Å². The Morgan fingerprint density at radius 1 is 1.18 bits per heavy atom. The van der Waals surface area contributed by atoms with Crippen LogP contribution in [-0.4, -0.2) is 0 Å². The molecule has 0 heterocycles. The number of rotatable bonds is 3. The van der Waals surface area contributed by atoms with E-state index in [9.17, 15) is 0 Å². The molecule has 11 heavy (non-hydrogen) atoms. The van der Waals surface area contributed by atoms with Crippen molar-refractivity contribution in [2.45, 2.75) is 47.5 Å². The van der Waals surface area contributed by atoms with E-state index < -0.39 is 0 Å². The van der Waals surface area contributed by atoms with Gasteiger partial charge in [-0.15, -0.1) is 0 Å². The number of allylic oxidation sites excluding steroid dienone is 2. The van der Waals surface area contributed by atoms with Gasteiger partial charge < -0.3 is 0 Å². The SMILES string of the molecule is CC(C)CCC=CC(C)(C)C. The fraction of sp³-hybridized carbons (Fsp3) is 0.818. The summed E-state index contributed by atoms with van der Waals surface area (Å²) < 4.78 is 0. The Bertz CT molecular complexity index is 112. The van der Waals surface area contributed by atoms with Gasteiger partial charge in [-0.05, 0) is 24.2 Å². The van der Waals surface area contributed by atoms with Crippen molar-refractivity contribution in [3.05, 3.63) is 12.2 Å². The maximum Gasteiger partial charge on any atom is -0.0203 e. The third kappa shape index (κ3) is 9.74. The molecule has 0 bridgehead atoms. The second kappa shape index (κ2) is 4.58. The lowest BCUT2D eigenvalue weighted by molar-refractivity contribution is 0.536. The molecule has 0 aliphatic rings. The van der Waals surface area contributed by atoms with Crippen molar-refractivity contribution in [3.8, 4) is 0 Å². The van der Waals surface area contributed by atoms with Gasteiger partial charge in [0, 0.05) is 0 Å². The van der Waals surface area contributed by atoms with Crippen LogP contribution in [0.3, 0.4) is 0 Å². The van der Waals surface area contributed by atoms with E-state index in [1.807, 2.05) is 0 Å². The van der Waals surface area contributed by atoms with Crippen LogP contribution in [-0.2, 0) is 0 Å². The molecule has 0 radical (unpaired) electrons. The van der Waals surface area contributed by atoms with E-state index >= 15 is 0 Å². The van der Waals surface area contributed by atoms with Crippen molar-refractivity contribution in [2.75, 3.05) is 0 Å². The van der Waals surface area contributed by atoms with E-state index in [1.54, 1.807) is 0 Å². The second-order valence-corrected chi connectivity index (χ2v) is 4.74. The van der Waals surface area contributed by atoms with Crippen molar-refractivity contribution in [1.29, 1.82) is 0 Å². The lowest BCUT2D eigenvalue weighted by Crippen LogP contribution is -1.98. The lowest BCUT2D eigenvalue weighted by Gasteiger charge is -2.11. The molecule has 0 aliphatic carbocycles. The molecule has 0 heteroatoms. The molecular weight excluding hydrogens is 132 g/mol. The van der Waals surface area contributed by atoms with Crippen LogP contribution in [0.1, 0.15) is 47.5 Å². The van der Waals surface area contributed by atoms with Gasteiger partial charge in [-0.3, -0.25) is 0 Å². The van der Waals surface area contributed by atoms with Crippen LogP contribution in [0.15, 0.2) is 12.2 Å².